The molecule has 0 spiro atoms. The van der Waals surface area contributed by atoms with Crippen molar-refractivity contribution < 1.29 is 19.5 Å². The number of likely N-dealkylation sites (N-methyl/N-ethyl adjacent to an activating group) is 2. The van der Waals surface area contributed by atoms with E-state index >= 15 is 0 Å². The normalized spacial score (nSPS) is 28.1. The van der Waals surface area contributed by atoms with Crippen LogP contribution in [0.1, 0.15) is 24.8 Å². The van der Waals surface area contributed by atoms with Crippen LogP contribution in [0.15, 0.2) is 23.2 Å². The van der Waals surface area contributed by atoms with Crippen LogP contribution in [0.3, 0.4) is 0 Å². The second-order valence-electron chi connectivity index (χ2n) is 8.18. The number of urea groups is 1. The molecule has 2 fully saturated rings. The van der Waals surface area contributed by atoms with Crippen molar-refractivity contribution in [3.05, 3.63) is 33.8 Å². The summed E-state index contributed by atoms with van der Waals surface area (Å²) < 4.78 is 0. The monoisotopic (exact) mass is 467 g/mol. The number of carboxylic acids is 1. The molecule has 11 heteroatoms. The van der Waals surface area contributed by atoms with E-state index in [4.69, 9.17) is 23.2 Å². The average Bonchev–Trinajstić information content (AvgIpc) is 3.32. The number of rotatable bonds is 4. The lowest BCUT2D eigenvalue weighted by atomic mass is 10.1. The number of nitrogens with zero attached hydrogens (tertiary/aromatic N) is 4. The molecule has 4 rings (SSSR count). The number of carboxylic acid groups (broad SMARTS) is 1. The summed E-state index contributed by atoms with van der Waals surface area (Å²) in [6, 6.07) is 3.85. The van der Waals surface area contributed by atoms with Gasteiger partial charge in [0.05, 0.1) is 22.5 Å². The summed E-state index contributed by atoms with van der Waals surface area (Å²) in [6.07, 6.45) is 1.18. The topological polar surface area (TPSA) is 106 Å². The SMILES string of the molecule is CN1C(=O)N(Cc2ccc(Cl)c(Cl)c2)C(=O)C2C1N=C(NC1CC[C@@H](C(=O)O)C1)N2C. The molecule has 1 aromatic carbocycles. The summed E-state index contributed by atoms with van der Waals surface area (Å²) in [4.78, 5) is 46.3. The van der Waals surface area contributed by atoms with E-state index in [-0.39, 0.29) is 24.4 Å². The molecule has 3 amide bonds. The minimum absolute atomic E-state index is 0.0362. The van der Waals surface area contributed by atoms with Gasteiger partial charge in [-0.25, -0.2) is 9.79 Å². The summed E-state index contributed by atoms with van der Waals surface area (Å²) in [7, 11) is 3.36. The number of hydrogen-bond donors (Lipinski definition) is 2. The second kappa shape index (κ2) is 8.20. The number of halogens is 2. The fourth-order valence-corrected chi connectivity index (χ4v) is 4.71. The number of aliphatic imine (C=N–C) groups is 1. The molecule has 1 saturated carbocycles. The molecule has 2 N–H and O–H groups in total. The van der Waals surface area contributed by atoms with Crippen LogP contribution in [0.5, 0.6) is 0 Å². The van der Waals surface area contributed by atoms with Crippen molar-refractivity contribution in [3.63, 3.8) is 0 Å². The van der Waals surface area contributed by atoms with Gasteiger partial charge in [-0.15, -0.1) is 0 Å². The van der Waals surface area contributed by atoms with Crippen molar-refractivity contribution in [3.8, 4) is 0 Å². The van der Waals surface area contributed by atoms with Gasteiger partial charge in [-0.1, -0.05) is 29.3 Å². The Morgan fingerprint density at radius 3 is 2.58 bits per heavy atom. The van der Waals surface area contributed by atoms with Crippen LogP contribution in [0.4, 0.5) is 4.79 Å². The Labute approximate surface area is 189 Å². The largest absolute Gasteiger partial charge is 0.481 e. The fraction of sp³-hybridized carbons (Fsp3) is 0.500. The van der Waals surface area contributed by atoms with E-state index in [9.17, 15) is 19.5 Å². The Hall–Kier alpha value is -2.52. The molecule has 2 aliphatic heterocycles. The minimum atomic E-state index is -0.793. The maximum atomic E-state index is 13.3. The van der Waals surface area contributed by atoms with Crippen molar-refractivity contribution in [1.82, 2.24) is 20.0 Å². The van der Waals surface area contributed by atoms with Crippen LogP contribution in [0.2, 0.25) is 10.0 Å². The summed E-state index contributed by atoms with van der Waals surface area (Å²) in [5, 5.41) is 13.2. The highest BCUT2D eigenvalue weighted by Gasteiger charge is 2.51. The van der Waals surface area contributed by atoms with E-state index < -0.39 is 24.2 Å². The third-order valence-electron chi connectivity index (χ3n) is 6.18. The standard InChI is InChI=1S/C20H23Cl2N5O4/c1-25-15-16(24-19(25)23-12-5-4-11(8-12)18(29)30)26(2)20(31)27(17(15)28)9-10-3-6-13(21)14(22)7-10/h3,6-7,11-12,15-16H,4-5,8-9H2,1-2H3,(H,23,24)(H,29,30)/t11-,12?,15?,16?/m1/s1. The third kappa shape index (κ3) is 3.92. The van der Waals surface area contributed by atoms with Gasteiger partial charge in [-0.05, 0) is 37.0 Å². The van der Waals surface area contributed by atoms with Gasteiger partial charge in [0.1, 0.15) is 0 Å². The fourth-order valence-electron chi connectivity index (χ4n) is 4.39. The molecular formula is C20H23Cl2N5O4. The maximum absolute atomic E-state index is 13.3. The number of imide groups is 1. The van der Waals surface area contributed by atoms with Gasteiger partial charge in [0.15, 0.2) is 18.2 Å². The van der Waals surface area contributed by atoms with Gasteiger partial charge in [0.25, 0.3) is 5.91 Å². The lowest BCUT2D eigenvalue weighted by molar-refractivity contribution is -0.141. The van der Waals surface area contributed by atoms with Crippen molar-refractivity contribution in [2.75, 3.05) is 14.1 Å². The second-order valence-corrected chi connectivity index (χ2v) is 8.99. The highest BCUT2D eigenvalue weighted by Crippen LogP contribution is 2.30. The molecule has 1 aromatic rings. The number of carbonyl (C=O) groups excluding carboxylic acids is 2. The Morgan fingerprint density at radius 2 is 1.94 bits per heavy atom. The first-order valence-corrected chi connectivity index (χ1v) is 10.7. The Balaban J connectivity index is 1.50. The summed E-state index contributed by atoms with van der Waals surface area (Å²) in [5.74, 6) is -1.02. The molecule has 0 radical (unpaired) electrons. The third-order valence-corrected chi connectivity index (χ3v) is 6.92. The molecule has 2 heterocycles. The number of nitrogens with one attached hydrogen (secondary N) is 1. The number of fused-ring (bicyclic) bond motifs is 1. The van der Waals surface area contributed by atoms with E-state index in [1.165, 1.54) is 9.80 Å². The van der Waals surface area contributed by atoms with Crippen LogP contribution in [0.25, 0.3) is 0 Å². The molecule has 9 nitrogen and oxygen atoms in total. The number of amides is 3. The summed E-state index contributed by atoms with van der Waals surface area (Å²) in [5.41, 5.74) is 0.688. The summed E-state index contributed by atoms with van der Waals surface area (Å²) in [6.45, 7) is 0.0711. The minimum Gasteiger partial charge on any atom is -0.481 e. The highest BCUT2D eigenvalue weighted by atomic mass is 35.5. The van der Waals surface area contributed by atoms with Crippen molar-refractivity contribution in [2.24, 2.45) is 10.9 Å². The van der Waals surface area contributed by atoms with Gasteiger partial charge in [0, 0.05) is 20.1 Å². The van der Waals surface area contributed by atoms with Gasteiger partial charge in [0.2, 0.25) is 0 Å². The van der Waals surface area contributed by atoms with Gasteiger partial charge in [-0.3, -0.25) is 14.5 Å². The molecule has 3 unspecified atom stereocenters. The predicted octanol–water partition coefficient (Wildman–Crippen LogP) is 2.23. The zero-order chi connectivity index (χ0) is 22.4. The molecular weight excluding hydrogens is 445 g/mol. The van der Waals surface area contributed by atoms with E-state index in [1.54, 1.807) is 37.2 Å². The predicted molar refractivity (Wildman–Crippen MR) is 115 cm³/mol. The van der Waals surface area contributed by atoms with E-state index in [2.05, 4.69) is 10.3 Å². The number of benzene rings is 1. The van der Waals surface area contributed by atoms with Gasteiger partial charge < -0.3 is 20.2 Å². The molecule has 1 aliphatic carbocycles. The maximum Gasteiger partial charge on any atom is 0.328 e. The molecule has 166 valence electrons. The van der Waals surface area contributed by atoms with Crippen LogP contribution in [0, 0.1) is 5.92 Å². The molecule has 0 aromatic heterocycles. The van der Waals surface area contributed by atoms with Crippen LogP contribution < -0.4 is 5.32 Å². The van der Waals surface area contributed by atoms with Crippen LogP contribution in [-0.4, -0.2) is 76.0 Å². The van der Waals surface area contributed by atoms with E-state index in [1.807, 2.05) is 0 Å². The van der Waals surface area contributed by atoms with E-state index in [0.29, 0.717) is 40.8 Å². The van der Waals surface area contributed by atoms with Gasteiger partial charge >= 0.3 is 12.0 Å². The Morgan fingerprint density at radius 1 is 1.19 bits per heavy atom. The average molecular weight is 468 g/mol. The van der Waals surface area contributed by atoms with Gasteiger partial charge in [-0.2, -0.15) is 0 Å². The molecule has 1 saturated heterocycles. The number of carbonyl (C=O) groups is 3. The molecule has 4 atom stereocenters. The zero-order valence-corrected chi connectivity index (χ0v) is 18.6. The van der Waals surface area contributed by atoms with Crippen LogP contribution in [-0.2, 0) is 16.1 Å². The van der Waals surface area contributed by atoms with Crippen molar-refractivity contribution >= 4 is 47.1 Å². The number of guanidine groups is 1. The first-order chi connectivity index (χ1) is 14.7. The summed E-state index contributed by atoms with van der Waals surface area (Å²) >= 11 is 12.0. The Bertz CT molecular complexity index is 971. The lowest BCUT2D eigenvalue weighted by Crippen LogP contribution is -2.64. The lowest BCUT2D eigenvalue weighted by Gasteiger charge is -2.40. The Kier molecular flexibility index (Phi) is 5.74. The highest BCUT2D eigenvalue weighted by molar-refractivity contribution is 6.42. The molecule has 3 aliphatic rings. The van der Waals surface area contributed by atoms with E-state index in [0.717, 1.165) is 0 Å². The number of hydrogen-bond acceptors (Lipinski definition) is 6. The van der Waals surface area contributed by atoms with Crippen LogP contribution >= 0.6 is 23.2 Å². The zero-order valence-electron chi connectivity index (χ0n) is 17.1. The van der Waals surface area contributed by atoms with Crippen molar-refractivity contribution in [1.29, 1.82) is 0 Å². The molecule has 0 bridgehead atoms. The smallest absolute Gasteiger partial charge is 0.328 e. The van der Waals surface area contributed by atoms with Crippen molar-refractivity contribution in [2.45, 2.75) is 44.1 Å². The first-order valence-electron chi connectivity index (χ1n) is 9.99. The molecule has 31 heavy (non-hydrogen) atoms. The quantitative estimate of drug-likeness (QED) is 0.702. The number of aliphatic carboxylic acids is 1. The first kappa shape index (κ1) is 21.7.